The van der Waals surface area contributed by atoms with E-state index in [0.29, 0.717) is 5.02 Å². The molecule has 20 heavy (non-hydrogen) atoms. The molecule has 0 aromatic heterocycles. The van der Waals surface area contributed by atoms with E-state index in [-0.39, 0.29) is 11.1 Å². The van der Waals surface area contributed by atoms with Gasteiger partial charge in [0, 0.05) is 5.02 Å². The quantitative estimate of drug-likeness (QED) is 0.798. The molecule has 106 valence electrons. The third kappa shape index (κ3) is 3.72. The second-order valence-corrected chi connectivity index (χ2v) is 5.46. The Hall–Kier alpha value is -1.09. The summed E-state index contributed by atoms with van der Waals surface area (Å²) in [7, 11) is 0. The lowest BCUT2D eigenvalue weighted by Gasteiger charge is -2.20. The summed E-state index contributed by atoms with van der Waals surface area (Å²) in [6.45, 7) is 2.92. The Bertz CT molecular complexity index is 586. The molecule has 0 saturated heterocycles. The highest BCUT2D eigenvalue weighted by Gasteiger charge is 2.15. The summed E-state index contributed by atoms with van der Waals surface area (Å²) in [5, 5.41) is 4.21. The predicted octanol–water partition coefficient (Wildman–Crippen LogP) is 5.22. The molecule has 0 bridgehead atoms. The second kappa shape index (κ2) is 7.07. The normalized spacial score (nSPS) is 12.4. The fourth-order valence-corrected chi connectivity index (χ4v) is 2.41. The molecule has 2 rings (SSSR count). The number of nitrogens with one attached hydrogen (secondary N) is 1. The lowest BCUT2D eigenvalue weighted by Crippen LogP contribution is -2.23. The van der Waals surface area contributed by atoms with Crippen LogP contribution in [0.4, 0.5) is 4.39 Å². The Morgan fingerprint density at radius 2 is 1.85 bits per heavy atom. The zero-order valence-electron chi connectivity index (χ0n) is 11.2. The smallest absolute Gasteiger partial charge is 0.142 e. The van der Waals surface area contributed by atoms with Crippen LogP contribution in [0.1, 0.15) is 30.5 Å². The van der Waals surface area contributed by atoms with Crippen molar-refractivity contribution in [3.8, 4) is 0 Å². The molecule has 2 aromatic rings. The first-order chi connectivity index (χ1) is 9.61. The van der Waals surface area contributed by atoms with E-state index in [1.807, 2.05) is 30.3 Å². The molecule has 1 unspecified atom stereocenters. The van der Waals surface area contributed by atoms with Gasteiger partial charge in [0.25, 0.3) is 0 Å². The van der Waals surface area contributed by atoms with Crippen molar-refractivity contribution in [2.45, 2.75) is 19.4 Å². The zero-order chi connectivity index (χ0) is 14.5. The van der Waals surface area contributed by atoms with Crippen LogP contribution in [-0.2, 0) is 0 Å². The number of halogens is 3. The fourth-order valence-electron chi connectivity index (χ4n) is 2.09. The highest BCUT2D eigenvalue weighted by Crippen LogP contribution is 2.27. The van der Waals surface area contributed by atoms with E-state index in [4.69, 9.17) is 23.2 Å². The van der Waals surface area contributed by atoms with Crippen molar-refractivity contribution in [2.75, 3.05) is 6.54 Å². The van der Waals surface area contributed by atoms with Gasteiger partial charge in [-0.3, -0.25) is 0 Å². The van der Waals surface area contributed by atoms with Crippen LogP contribution >= 0.6 is 23.2 Å². The highest BCUT2D eigenvalue weighted by molar-refractivity contribution is 6.31. The van der Waals surface area contributed by atoms with E-state index >= 15 is 0 Å². The molecule has 0 aliphatic carbocycles. The van der Waals surface area contributed by atoms with Crippen molar-refractivity contribution in [2.24, 2.45) is 0 Å². The topological polar surface area (TPSA) is 12.0 Å². The molecule has 0 radical (unpaired) electrons. The molecule has 0 heterocycles. The molecule has 0 spiro atoms. The third-order valence-corrected chi connectivity index (χ3v) is 3.60. The average molecular weight is 312 g/mol. The molecular formula is C16H16Cl2FN. The SMILES string of the molecule is CCCNC(c1cccc(Cl)c1)c1ccc(Cl)c(F)c1. The molecule has 0 aliphatic rings. The predicted molar refractivity (Wildman–Crippen MR) is 83.0 cm³/mol. The largest absolute Gasteiger partial charge is 0.306 e. The van der Waals surface area contributed by atoms with Gasteiger partial charge in [-0.25, -0.2) is 4.39 Å². The van der Waals surface area contributed by atoms with Gasteiger partial charge in [0.15, 0.2) is 0 Å². The van der Waals surface area contributed by atoms with Crippen molar-refractivity contribution in [3.63, 3.8) is 0 Å². The van der Waals surface area contributed by atoms with Gasteiger partial charge in [-0.2, -0.15) is 0 Å². The number of hydrogen-bond acceptors (Lipinski definition) is 1. The van der Waals surface area contributed by atoms with Crippen molar-refractivity contribution in [1.29, 1.82) is 0 Å². The molecule has 4 heteroatoms. The second-order valence-electron chi connectivity index (χ2n) is 4.62. The maximum atomic E-state index is 13.7. The number of hydrogen-bond donors (Lipinski definition) is 1. The molecule has 2 aromatic carbocycles. The Balaban J connectivity index is 2.38. The van der Waals surface area contributed by atoms with Crippen molar-refractivity contribution < 1.29 is 4.39 Å². The first-order valence-corrected chi connectivity index (χ1v) is 7.31. The molecule has 1 atom stereocenters. The van der Waals surface area contributed by atoms with Gasteiger partial charge < -0.3 is 5.32 Å². The molecule has 1 N–H and O–H groups in total. The molecule has 0 aliphatic heterocycles. The van der Waals surface area contributed by atoms with Crippen LogP contribution in [-0.4, -0.2) is 6.54 Å². The minimum atomic E-state index is -0.408. The minimum Gasteiger partial charge on any atom is -0.306 e. The van der Waals surface area contributed by atoms with Crippen LogP contribution in [0, 0.1) is 5.82 Å². The molecule has 0 saturated carbocycles. The maximum Gasteiger partial charge on any atom is 0.142 e. The molecule has 0 amide bonds. The van der Waals surface area contributed by atoms with Crippen LogP contribution in [0.2, 0.25) is 10.0 Å². The van der Waals surface area contributed by atoms with Crippen molar-refractivity contribution >= 4 is 23.2 Å². The number of benzene rings is 2. The monoisotopic (exact) mass is 311 g/mol. The van der Waals surface area contributed by atoms with E-state index < -0.39 is 5.82 Å². The Morgan fingerprint density at radius 3 is 2.50 bits per heavy atom. The molecule has 0 fully saturated rings. The minimum absolute atomic E-state index is 0.0968. The summed E-state index contributed by atoms with van der Waals surface area (Å²) in [6.07, 6.45) is 0.993. The lowest BCUT2D eigenvalue weighted by molar-refractivity contribution is 0.586. The van der Waals surface area contributed by atoms with Gasteiger partial charge >= 0.3 is 0 Å². The van der Waals surface area contributed by atoms with Gasteiger partial charge in [-0.05, 0) is 48.4 Å². The van der Waals surface area contributed by atoms with Gasteiger partial charge in [-0.1, -0.05) is 48.3 Å². The fraction of sp³-hybridized carbons (Fsp3) is 0.250. The summed E-state index contributed by atoms with van der Waals surface area (Å²) >= 11 is 11.8. The van der Waals surface area contributed by atoms with Crippen molar-refractivity contribution in [1.82, 2.24) is 5.32 Å². The van der Waals surface area contributed by atoms with E-state index in [1.54, 1.807) is 6.07 Å². The van der Waals surface area contributed by atoms with Gasteiger partial charge in [0.2, 0.25) is 0 Å². The van der Waals surface area contributed by atoms with Gasteiger partial charge in [0.05, 0.1) is 11.1 Å². The van der Waals surface area contributed by atoms with Gasteiger partial charge in [0.1, 0.15) is 5.82 Å². The van der Waals surface area contributed by atoms with E-state index in [9.17, 15) is 4.39 Å². The summed E-state index contributed by atoms with van der Waals surface area (Å²) < 4.78 is 13.7. The zero-order valence-corrected chi connectivity index (χ0v) is 12.7. The summed E-state index contributed by atoms with van der Waals surface area (Å²) in [4.78, 5) is 0. The van der Waals surface area contributed by atoms with Crippen LogP contribution in [0.3, 0.4) is 0 Å². The van der Waals surface area contributed by atoms with Crippen LogP contribution in [0.15, 0.2) is 42.5 Å². The summed E-state index contributed by atoms with van der Waals surface area (Å²) in [5.74, 6) is -0.408. The Labute approximate surface area is 128 Å². The highest BCUT2D eigenvalue weighted by atomic mass is 35.5. The molecule has 1 nitrogen and oxygen atoms in total. The van der Waals surface area contributed by atoms with Crippen LogP contribution in [0.25, 0.3) is 0 Å². The number of rotatable bonds is 5. The van der Waals surface area contributed by atoms with E-state index in [0.717, 1.165) is 24.1 Å². The van der Waals surface area contributed by atoms with E-state index in [1.165, 1.54) is 6.07 Å². The first-order valence-electron chi connectivity index (χ1n) is 6.55. The maximum absolute atomic E-state index is 13.7. The third-order valence-electron chi connectivity index (χ3n) is 3.06. The Kier molecular flexibility index (Phi) is 5.41. The van der Waals surface area contributed by atoms with Crippen molar-refractivity contribution in [3.05, 3.63) is 69.5 Å². The van der Waals surface area contributed by atoms with Gasteiger partial charge in [-0.15, -0.1) is 0 Å². The summed E-state index contributed by atoms with van der Waals surface area (Å²) in [6, 6.07) is 12.4. The van der Waals surface area contributed by atoms with E-state index in [2.05, 4.69) is 12.2 Å². The Morgan fingerprint density at radius 1 is 1.10 bits per heavy atom. The van der Waals surface area contributed by atoms with Crippen LogP contribution < -0.4 is 5.32 Å². The average Bonchev–Trinajstić information content (AvgIpc) is 2.43. The standard InChI is InChI=1S/C16H16Cl2FN/c1-2-8-20-16(11-4-3-5-13(17)9-11)12-6-7-14(18)15(19)10-12/h3-7,9-10,16,20H,2,8H2,1H3. The van der Waals surface area contributed by atoms with Crippen LogP contribution in [0.5, 0.6) is 0 Å². The summed E-state index contributed by atoms with van der Waals surface area (Å²) in [5.41, 5.74) is 1.84. The molecular weight excluding hydrogens is 296 g/mol. The lowest BCUT2D eigenvalue weighted by atomic mass is 9.98. The first kappa shape index (κ1) is 15.3.